The van der Waals surface area contributed by atoms with Gasteiger partial charge in [-0.05, 0) is 12.0 Å². The Bertz CT molecular complexity index is 246. The maximum absolute atomic E-state index is 5.39. The van der Waals surface area contributed by atoms with E-state index in [1.807, 2.05) is 6.07 Å². The summed E-state index contributed by atoms with van der Waals surface area (Å²) >= 11 is 0. The van der Waals surface area contributed by atoms with Gasteiger partial charge in [-0.2, -0.15) is 0 Å². The first-order valence-corrected chi connectivity index (χ1v) is 4.28. The van der Waals surface area contributed by atoms with Gasteiger partial charge in [-0.3, -0.25) is 5.84 Å². The lowest BCUT2D eigenvalue weighted by Crippen LogP contribution is -2.08. The highest BCUT2D eigenvalue weighted by Crippen LogP contribution is 2.10. The summed E-state index contributed by atoms with van der Waals surface area (Å²) in [6, 6.07) is 3.61. The Morgan fingerprint density at radius 3 is 2.77 bits per heavy atom. The number of nitrogens with zero attached hydrogens (tertiary/aromatic N) is 1. The summed E-state index contributed by atoms with van der Waals surface area (Å²) in [5, 5.41) is 0. The Hall–Kier alpha value is -1.29. The van der Waals surface area contributed by atoms with Gasteiger partial charge in [0.05, 0.1) is 18.5 Å². The molecule has 1 aromatic heterocycles. The molecule has 72 valence electrons. The minimum atomic E-state index is 0.508. The van der Waals surface area contributed by atoms with Crippen molar-refractivity contribution in [3.05, 3.63) is 18.3 Å². The molecule has 0 radical (unpaired) electrons. The van der Waals surface area contributed by atoms with Gasteiger partial charge in [0.1, 0.15) is 0 Å². The average molecular weight is 181 g/mol. The second kappa shape index (κ2) is 4.67. The van der Waals surface area contributed by atoms with Crippen LogP contribution in [0.2, 0.25) is 0 Å². The summed E-state index contributed by atoms with van der Waals surface area (Å²) < 4.78 is 5.39. The molecule has 0 bridgehead atoms. The minimum Gasteiger partial charge on any atom is -0.477 e. The third-order valence-electron chi connectivity index (χ3n) is 1.47. The first-order chi connectivity index (χ1) is 6.22. The molecular weight excluding hydrogens is 166 g/mol. The fourth-order valence-corrected chi connectivity index (χ4v) is 0.803. The van der Waals surface area contributed by atoms with Crippen LogP contribution < -0.4 is 16.0 Å². The van der Waals surface area contributed by atoms with Crippen LogP contribution in [0.3, 0.4) is 0 Å². The maximum Gasteiger partial charge on any atom is 0.213 e. The van der Waals surface area contributed by atoms with Crippen LogP contribution in [0, 0.1) is 5.92 Å². The van der Waals surface area contributed by atoms with E-state index in [4.69, 9.17) is 10.6 Å². The molecule has 1 heterocycles. The molecule has 0 unspecified atom stereocenters. The molecule has 0 aromatic carbocycles. The largest absolute Gasteiger partial charge is 0.477 e. The van der Waals surface area contributed by atoms with E-state index in [2.05, 4.69) is 24.3 Å². The van der Waals surface area contributed by atoms with Crippen LogP contribution in [0.15, 0.2) is 18.3 Å². The van der Waals surface area contributed by atoms with Crippen LogP contribution in [0.25, 0.3) is 0 Å². The fraction of sp³-hybridized carbons (Fsp3) is 0.444. The summed E-state index contributed by atoms with van der Waals surface area (Å²) in [5.74, 6) is 6.33. The Labute approximate surface area is 78.1 Å². The molecule has 1 aromatic rings. The maximum atomic E-state index is 5.39. The summed E-state index contributed by atoms with van der Waals surface area (Å²) in [5.41, 5.74) is 3.28. The van der Waals surface area contributed by atoms with Gasteiger partial charge in [-0.25, -0.2) is 4.98 Å². The molecule has 0 aliphatic heterocycles. The monoisotopic (exact) mass is 181 g/mol. The predicted molar refractivity (Wildman–Crippen MR) is 52.4 cm³/mol. The number of ether oxygens (including phenoxy) is 1. The summed E-state index contributed by atoms with van der Waals surface area (Å²) in [6.07, 6.45) is 1.63. The standard InChI is InChI=1S/C9H15N3O/c1-7(2)6-13-9-4-3-8(12-10)5-11-9/h3-5,7,12H,6,10H2,1-2H3. The Kier molecular flexibility index (Phi) is 3.52. The highest BCUT2D eigenvalue weighted by molar-refractivity contribution is 5.40. The number of nitrogen functional groups attached to an aromatic ring is 1. The van der Waals surface area contributed by atoms with E-state index < -0.39 is 0 Å². The summed E-state index contributed by atoms with van der Waals surface area (Å²) in [4.78, 5) is 4.06. The molecule has 1 rings (SSSR count). The molecule has 0 amide bonds. The molecule has 0 atom stereocenters. The summed E-state index contributed by atoms with van der Waals surface area (Å²) in [7, 11) is 0. The molecule has 0 saturated heterocycles. The van der Waals surface area contributed by atoms with Crippen molar-refractivity contribution in [1.82, 2.24) is 4.98 Å². The molecule has 0 spiro atoms. The zero-order chi connectivity index (χ0) is 9.68. The van der Waals surface area contributed by atoms with Crippen molar-refractivity contribution in [2.45, 2.75) is 13.8 Å². The van der Waals surface area contributed by atoms with Crippen LogP contribution in [0.5, 0.6) is 5.88 Å². The fourth-order valence-electron chi connectivity index (χ4n) is 0.803. The van der Waals surface area contributed by atoms with Crippen molar-refractivity contribution in [1.29, 1.82) is 0 Å². The quantitative estimate of drug-likeness (QED) is 0.544. The van der Waals surface area contributed by atoms with E-state index in [0.29, 0.717) is 18.4 Å². The van der Waals surface area contributed by atoms with Gasteiger partial charge in [-0.15, -0.1) is 0 Å². The number of pyridine rings is 1. The molecule has 0 fully saturated rings. The molecule has 0 aliphatic rings. The zero-order valence-electron chi connectivity index (χ0n) is 7.95. The van der Waals surface area contributed by atoms with Gasteiger partial charge >= 0.3 is 0 Å². The Balaban J connectivity index is 2.49. The van der Waals surface area contributed by atoms with E-state index in [1.54, 1.807) is 12.3 Å². The molecule has 13 heavy (non-hydrogen) atoms. The first-order valence-electron chi connectivity index (χ1n) is 4.28. The van der Waals surface area contributed by atoms with E-state index in [9.17, 15) is 0 Å². The molecule has 4 heteroatoms. The van der Waals surface area contributed by atoms with Crippen molar-refractivity contribution in [3.8, 4) is 5.88 Å². The molecular formula is C9H15N3O. The van der Waals surface area contributed by atoms with E-state index in [-0.39, 0.29) is 0 Å². The predicted octanol–water partition coefficient (Wildman–Crippen LogP) is 1.40. The minimum absolute atomic E-state index is 0.508. The van der Waals surface area contributed by atoms with Crippen molar-refractivity contribution >= 4 is 5.69 Å². The van der Waals surface area contributed by atoms with Crippen molar-refractivity contribution < 1.29 is 4.74 Å². The van der Waals surface area contributed by atoms with Crippen molar-refractivity contribution in [2.24, 2.45) is 11.8 Å². The van der Waals surface area contributed by atoms with Gasteiger partial charge < -0.3 is 10.2 Å². The third kappa shape index (κ3) is 3.29. The van der Waals surface area contributed by atoms with Gasteiger partial charge in [0, 0.05) is 6.07 Å². The lowest BCUT2D eigenvalue weighted by Gasteiger charge is -2.07. The van der Waals surface area contributed by atoms with Crippen LogP contribution in [0.1, 0.15) is 13.8 Å². The van der Waals surface area contributed by atoms with Gasteiger partial charge in [0.25, 0.3) is 0 Å². The van der Waals surface area contributed by atoms with Gasteiger partial charge in [0.15, 0.2) is 0 Å². The molecule has 3 N–H and O–H groups in total. The molecule has 0 saturated carbocycles. The second-order valence-corrected chi connectivity index (χ2v) is 3.23. The smallest absolute Gasteiger partial charge is 0.213 e. The third-order valence-corrected chi connectivity index (χ3v) is 1.47. The first kappa shape index (κ1) is 9.80. The van der Waals surface area contributed by atoms with Gasteiger partial charge in [-0.1, -0.05) is 13.8 Å². The Morgan fingerprint density at radius 2 is 2.31 bits per heavy atom. The van der Waals surface area contributed by atoms with Crippen LogP contribution >= 0.6 is 0 Å². The van der Waals surface area contributed by atoms with Crippen LogP contribution in [0.4, 0.5) is 5.69 Å². The number of hydrazine groups is 1. The lowest BCUT2D eigenvalue weighted by molar-refractivity contribution is 0.261. The SMILES string of the molecule is CC(C)COc1ccc(NN)cn1. The van der Waals surface area contributed by atoms with Gasteiger partial charge in [0.2, 0.25) is 5.88 Å². The normalized spacial score (nSPS) is 10.2. The number of aromatic nitrogens is 1. The van der Waals surface area contributed by atoms with Crippen LogP contribution in [-0.2, 0) is 0 Å². The Morgan fingerprint density at radius 1 is 1.54 bits per heavy atom. The van der Waals surface area contributed by atoms with Crippen molar-refractivity contribution in [3.63, 3.8) is 0 Å². The number of hydrogen-bond acceptors (Lipinski definition) is 4. The highest BCUT2D eigenvalue weighted by atomic mass is 16.5. The topological polar surface area (TPSA) is 60.2 Å². The van der Waals surface area contributed by atoms with Crippen molar-refractivity contribution in [2.75, 3.05) is 12.0 Å². The number of hydrogen-bond donors (Lipinski definition) is 2. The van der Waals surface area contributed by atoms with Crippen LogP contribution in [-0.4, -0.2) is 11.6 Å². The van der Waals surface area contributed by atoms with E-state index >= 15 is 0 Å². The molecule has 0 aliphatic carbocycles. The van der Waals surface area contributed by atoms with E-state index in [1.165, 1.54) is 0 Å². The number of rotatable bonds is 4. The number of nitrogens with one attached hydrogen (secondary N) is 1. The molecule has 4 nitrogen and oxygen atoms in total. The highest BCUT2D eigenvalue weighted by Gasteiger charge is 1.97. The van der Waals surface area contributed by atoms with E-state index in [0.717, 1.165) is 5.69 Å². The average Bonchev–Trinajstić information content (AvgIpc) is 2.15. The zero-order valence-corrected chi connectivity index (χ0v) is 7.95. The lowest BCUT2D eigenvalue weighted by atomic mass is 10.2. The second-order valence-electron chi connectivity index (χ2n) is 3.23. The number of anilines is 1. The summed E-state index contributed by atoms with van der Waals surface area (Å²) in [6.45, 7) is 4.87. The number of nitrogens with two attached hydrogens (primary N) is 1.